The Kier molecular flexibility index (Phi) is 4.57. The first-order valence-electron chi connectivity index (χ1n) is 7.42. The molecule has 0 atom stereocenters. The maximum absolute atomic E-state index is 12.1. The highest BCUT2D eigenvalue weighted by atomic mass is 32.1. The molecule has 1 aromatic carbocycles. The number of para-hydroxylation sites is 1. The van der Waals surface area contributed by atoms with Gasteiger partial charge in [-0.1, -0.05) is 23.5 Å². The van der Waals surface area contributed by atoms with Crippen molar-refractivity contribution in [2.75, 3.05) is 20.7 Å². The quantitative estimate of drug-likeness (QED) is 0.405. The van der Waals surface area contributed by atoms with Gasteiger partial charge in [0.05, 0.1) is 29.4 Å². The number of aliphatic imine (C=N–C) groups is 1. The molecule has 8 heteroatoms. The minimum absolute atomic E-state index is 0.294. The third-order valence-corrected chi connectivity index (χ3v) is 4.13. The minimum Gasteiger partial charge on any atom is -0.462 e. The molecular weight excluding hydrogens is 326 g/mol. The van der Waals surface area contributed by atoms with Crippen molar-refractivity contribution in [1.29, 1.82) is 0 Å². The summed E-state index contributed by atoms with van der Waals surface area (Å²) in [4.78, 5) is 22.9. The standard InChI is InChI=1S/C16H17N5O2S/c1-4-23-15(22)11-9-18-21(14(11)17-10-20(2)3)16-19-12-7-5-6-8-13(12)24-16/h5-10H,4H2,1-3H3/b17-10+. The first-order chi connectivity index (χ1) is 11.6. The molecule has 0 N–H and O–H groups in total. The zero-order chi connectivity index (χ0) is 17.1. The Bertz CT molecular complexity index is 864. The molecule has 0 aliphatic carbocycles. The molecule has 3 aromatic rings. The Morgan fingerprint density at radius 2 is 2.21 bits per heavy atom. The summed E-state index contributed by atoms with van der Waals surface area (Å²) in [6.45, 7) is 2.06. The molecule has 0 saturated heterocycles. The number of aromatic nitrogens is 3. The van der Waals surface area contributed by atoms with Gasteiger partial charge >= 0.3 is 5.97 Å². The lowest BCUT2D eigenvalue weighted by atomic mass is 10.3. The third-order valence-electron chi connectivity index (χ3n) is 3.11. The zero-order valence-corrected chi connectivity index (χ0v) is 14.4. The highest BCUT2D eigenvalue weighted by Crippen LogP contribution is 2.29. The van der Waals surface area contributed by atoms with Crippen molar-refractivity contribution in [3.63, 3.8) is 0 Å². The fourth-order valence-corrected chi connectivity index (χ4v) is 3.01. The Hall–Kier alpha value is -2.74. The molecule has 24 heavy (non-hydrogen) atoms. The smallest absolute Gasteiger partial charge is 0.343 e. The van der Waals surface area contributed by atoms with Crippen LogP contribution in [0.25, 0.3) is 15.3 Å². The minimum atomic E-state index is -0.448. The van der Waals surface area contributed by atoms with Crippen LogP contribution in [0.5, 0.6) is 0 Å². The number of benzene rings is 1. The van der Waals surface area contributed by atoms with Crippen molar-refractivity contribution in [3.8, 4) is 5.13 Å². The van der Waals surface area contributed by atoms with Gasteiger partial charge in [0.15, 0.2) is 5.82 Å². The molecule has 0 spiro atoms. The first-order valence-corrected chi connectivity index (χ1v) is 8.23. The highest BCUT2D eigenvalue weighted by molar-refractivity contribution is 7.20. The van der Waals surface area contributed by atoms with Crippen LogP contribution in [-0.2, 0) is 4.74 Å². The number of fused-ring (bicyclic) bond motifs is 1. The van der Waals surface area contributed by atoms with Gasteiger partial charge < -0.3 is 9.64 Å². The van der Waals surface area contributed by atoms with Gasteiger partial charge in [-0.15, -0.1) is 0 Å². The summed E-state index contributed by atoms with van der Waals surface area (Å²) in [5.74, 6) is -0.0445. The predicted octanol–water partition coefficient (Wildman–Crippen LogP) is 2.88. The van der Waals surface area contributed by atoms with Gasteiger partial charge in [-0.3, -0.25) is 0 Å². The van der Waals surface area contributed by atoms with Gasteiger partial charge in [0.25, 0.3) is 0 Å². The summed E-state index contributed by atoms with van der Waals surface area (Å²) in [6.07, 6.45) is 3.08. The number of esters is 1. The van der Waals surface area contributed by atoms with E-state index in [0.29, 0.717) is 23.1 Å². The van der Waals surface area contributed by atoms with E-state index in [1.165, 1.54) is 17.5 Å². The van der Waals surface area contributed by atoms with E-state index < -0.39 is 5.97 Å². The van der Waals surface area contributed by atoms with E-state index in [0.717, 1.165) is 10.2 Å². The van der Waals surface area contributed by atoms with Gasteiger partial charge in [0, 0.05) is 14.1 Å². The Labute approximate surface area is 143 Å². The van der Waals surface area contributed by atoms with Crippen molar-refractivity contribution < 1.29 is 9.53 Å². The molecule has 0 aliphatic heterocycles. The summed E-state index contributed by atoms with van der Waals surface area (Å²) < 4.78 is 7.70. The fourth-order valence-electron chi connectivity index (χ4n) is 2.08. The number of carbonyl (C=O) groups excluding carboxylic acids is 1. The topological polar surface area (TPSA) is 72.6 Å². The van der Waals surface area contributed by atoms with Crippen LogP contribution in [0.3, 0.4) is 0 Å². The first kappa shape index (κ1) is 16.1. The number of hydrogen-bond acceptors (Lipinski definition) is 6. The second-order valence-corrected chi connectivity index (χ2v) is 6.20. The van der Waals surface area contributed by atoms with E-state index in [1.807, 2.05) is 38.4 Å². The lowest BCUT2D eigenvalue weighted by Gasteiger charge is -2.05. The maximum atomic E-state index is 12.1. The SMILES string of the molecule is CCOC(=O)c1cnn(-c2nc3ccccc3s2)c1/N=C/N(C)C. The molecule has 0 aliphatic rings. The van der Waals surface area contributed by atoms with Crippen molar-refractivity contribution >= 4 is 39.7 Å². The largest absolute Gasteiger partial charge is 0.462 e. The molecule has 0 unspecified atom stereocenters. The van der Waals surface area contributed by atoms with Gasteiger partial charge in [-0.05, 0) is 19.1 Å². The van der Waals surface area contributed by atoms with Gasteiger partial charge in [-0.25, -0.2) is 14.8 Å². The average Bonchev–Trinajstić information content (AvgIpc) is 3.16. The van der Waals surface area contributed by atoms with Crippen molar-refractivity contribution in [2.45, 2.75) is 6.92 Å². The molecule has 7 nitrogen and oxygen atoms in total. The molecule has 0 bridgehead atoms. The summed E-state index contributed by atoms with van der Waals surface area (Å²) in [5.41, 5.74) is 1.20. The third kappa shape index (κ3) is 3.13. The van der Waals surface area contributed by atoms with Gasteiger partial charge in [-0.2, -0.15) is 9.78 Å². The van der Waals surface area contributed by atoms with Crippen molar-refractivity contribution in [3.05, 3.63) is 36.0 Å². The van der Waals surface area contributed by atoms with Crippen LogP contribution in [0.2, 0.25) is 0 Å². The van der Waals surface area contributed by atoms with Crippen LogP contribution < -0.4 is 0 Å². The monoisotopic (exact) mass is 343 g/mol. The number of ether oxygens (including phenoxy) is 1. The Morgan fingerprint density at radius 1 is 1.42 bits per heavy atom. The lowest BCUT2D eigenvalue weighted by Crippen LogP contribution is -2.09. The van der Waals surface area contributed by atoms with Crippen LogP contribution in [0, 0.1) is 0 Å². The number of nitrogens with zero attached hydrogens (tertiary/aromatic N) is 5. The van der Waals surface area contributed by atoms with Gasteiger partial charge in [0.1, 0.15) is 5.56 Å². The van der Waals surface area contributed by atoms with E-state index in [9.17, 15) is 4.79 Å². The maximum Gasteiger partial charge on any atom is 0.343 e. The summed E-state index contributed by atoms with van der Waals surface area (Å²) in [7, 11) is 3.71. The van der Waals surface area contributed by atoms with E-state index >= 15 is 0 Å². The van der Waals surface area contributed by atoms with E-state index in [1.54, 1.807) is 22.8 Å². The summed E-state index contributed by atoms with van der Waals surface area (Å²) in [6, 6.07) is 7.83. The second-order valence-electron chi connectivity index (χ2n) is 5.19. The molecule has 0 radical (unpaired) electrons. The molecule has 2 heterocycles. The molecule has 124 valence electrons. The van der Waals surface area contributed by atoms with Crippen LogP contribution in [0.4, 0.5) is 5.82 Å². The van der Waals surface area contributed by atoms with Crippen LogP contribution in [-0.4, -0.2) is 52.7 Å². The highest BCUT2D eigenvalue weighted by Gasteiger charge is 2.20. The number of hydrogen-bond donors (Lipinski definition) is 0. The summed E-state index contributed by atoms with van der Waals surface area (Å²) >= 11 is 1.49. The predicted molar refractivity (Wildman–Crippen MR) is 94.5 cm³/mol. The zero-order valence-electron chi connectivity index (χ0n) is 13.6. The molecule has 0 fully saturated rings. The number of thiazole rings is 1. The average molecular weight is 343 g/mol. The molecule has 3 rings (SSSR count). The van der Waals surface area contributed by atoms with Crippen LogP contribution in [0.1, 0.15) is 17.3 Å². The Morgan fingerprint density at radius 3 is 2.92 bits per heavy atom. The molecule has 0 amide bonds. The molecular formula is C16H17N5O2S. The lowest BCUT2D eigenvalue weighted by molar-refractivity contribution is 0.0527. The normalized spacial score (nSPS) is 11.3. The van der Waals surface area contributed by atoms with Gasteiger partial charge in [0.2, 0.25) is 5.13 Å². The Balaban J connectivity index is 2.11. The fraction of sp³-hybridized carbons (Fsp3) is 0.250. The van der Waals surface area contributed by atoms with E-state index in [-0.39, 0.29) is 0 Å². The number of rotatable bonds is 5. The van der Waals surface area contributed by atoms with Crippen LogP contribution in [0.15, 0.2) is 35.5 Å². The van der Waals surface area contributed by atoms with Crippen molar-refractivity contribution in [1.82, 2.24) is 19.7 Å². The number of carbonyl (C=O) groups is 1. The molecule has 2 aromatic heterocycles. The molecule has 0 saturated carbocycles. The second kappa shape index (κ2) is 6.79. The van der Waals surface area contributed by atoms with Crippen LogP contribution >= 0.6 is 11.3 Å². The van der Waals surface area contributed by atoms with Crippen molar-refractivity contribution in [2.24, 2.45) is 4.99 Å². The van der Waals surface area contributed by atoms with E-state index in [2.05, 4.69) is 15.1 Å². The summed E-state index contributed by atoms with van der Waals surface area (Å²) in [5, 5.41) is 4.95. The van der Waals surface area contributed by atoms with E-state index in [4.69, 9.17) is 4.74 Å².